The Morgan fingerprint density at radius 2 is 1.64 bits per heavy atom. The molecule has 0 saturated heterocycles. The van der Waals surface area contributed by atoms with E-state index in [4.69, 9.17) is 0 Å². The van der Waals surface area contributed by atoms with Gasteiger partial charge < -0.3 is 10.6 Å². The number of nitrogens with zero attached hydrogens (tertiary/aromatic N) is 2. The summed E-state index contributed by atoms with van der Waals surface area (Å²) >= 11 is 0. The van der Waals surface area contributed by atoms with Crippen molar-refractivity contribution in [1.29, 1.82) is 0 Å². The largest absolute Gasteiger partial charge is 0.356 e. The van der Waals surface area contributed by atoms with Crippen LogP contribution in [0.2, 0.25) is 0 Å². The fraction of sp³-hybridized carbons (Fsp3) is 0.250. The predicted octanol–water partition coefficient (Wildman–Crippen LogP) is 4.08. The molecule has 0 bridgehead atoms. The molecule has 2 aromatic carbocycles. The topological polar surface area (TPSA) is 49.3 Å². The Balaban J connectivity index is 1.64. The first-order valence-corrected chi connectivity index (χ1v) is 9.70. The van der Waals surface area contributed by atoms with E-state index in [1.54, 1.807) is 7.05 Å². The molecule has 4 heteroatoms. The zero-order chi connectivity index (χ0) is 19.6. The smallest absolute Gasteiger partial charge is 0.191 e. The van der Waals surface area contributed by atoms with Crippen LogP contribution in [0.5, 0.6) is 0 Å². The van der Waals surface area contributed by atoms with Crippen LogP contribution < -0.4 is 10.6 Å². The maximum absolute atomic E-state index is 4.44. The summed E-state index contributed by atoms with van der Waals surface area (Å²) in [5.74, 6) is 1.15. The molecule has 28 heavy (non-hydrogen) atoms. The van der Waals surface area contributed by atoms with Crippen LogP contribution in [0.15, 0.2) is 84.0 Å². The van der Waals surface area contributed by atoms with Gasteiger partial charge in [0.2, 0.25) is 0 Å². The zero-order valence-electron chi connectivity index (χ0n) is 16.6. The molecule has 144 valence electrons. The van der Waals surface area contributed by atoms with E-state index in [-0.39, 0.29) is 0 Å². The van der Waals surface area contributed by atoms with Gasteiger partial charge in [-0.2, -0.15) is 0 Å². The highest BCUT2D eigenvalue weighted by Gasteiger charge is 2.13. The van der Waals surface area contributed by atoms with Crippen LogP contribution in [0.25, 0.3) is 0 Å². The van der Waals surface area contributed by atoms with Gasteiger partial charge >= 0.3 is 0 Å². The molecule has 1 aromatic heterocycles. The van der Waals surface area contributed by atoms with Gasteiger partial charge in [0.15, 0.2) is 5.96 Å². The number of guanidine groups is 1. The van der Waals surface area contributed by atoms with E-state index in [1.807, 2.05) is 12.3 Å². The Kier molecular flexibility index (Phi) is 7.19. The molecule has 3 rings (SSSR count). The summed E-state index contributed by atoms with van der Waals surface area (Å²) in [5, 5.41) is 6.86. The van der Waals surface area contributed by atoms with Crippen molar-refractivity contribution in [3.05, 3.63) is 101 Å². The summed E-state index contributed by atoms with van der Waals surface area (Å²) in [5.41, 5.74) is 4.88. The van der Waals surface area contributed by atoms with Crippen LogP contribution in [0, 0.1) is 6.92 Å². The van der Waals surface area contributed by atoms with Gasteiger partial charge in [0.05, 0.1) is 12.2 Å². The number of pyridine rings is 1. The lowest BCUT2D eigenvalue weighted by Crippen LogP contribution is -2.39. The first-order valence-electron chi connectivity index (χ1n) is 9.70. The van der Waals surface area contributed by atoms with E-state index in [2.05, 4.69) is 94.3 Å². The Morgan fingerprint density at radius 1 is 0.929 bits per heavy atom. The van der Waals surface area contributed by atoms with Crippen LogP contribution in [0.3, 0.4) is 0 Å². The van der Waals surface area contributed by atoms with Crippen molar-refractivity contribution in [2.24, 2.45) is 4.99 Å². The summed E-state index contributed by atoms with van der Waals surface area (Å²) in [6, 6.07) is 25.3. The van der Waals surface area contributed by atoms with Gasteiger partial charge in [0.1, 0.15) is 0 Å². The molecule has 1 unspecified atom stereocenters. The third-order valence-corrected chi connectivity index (χ3v) is 4.88. The second-order valence-corrected chi connectivity index (χ2v) is 6.87. The molecule has 0 aliphatic rings. The van der Waals surface area contributed by atoms with E-state index in [1.165, 1.54) is 16.7 Å². The highest BCUT2D eigenvalue weighted by molar-refractivity contribution is 5.79. The minimum Gasteiger partial charge on any atom is -0.356 e. The SMILES string of the molecule is CN=C(NCc1ncccc1C)NCC(Cc1ccccc1)c1ccccc1. The molecule has 4 nitrogen and oxygen atoms in total. The summed E-state index contributed by atoms with van der Waals surface area (Å²) in [6.45, 7) is 3.53. The lowest BCUT2D eigenvalue weighted by Gasteiger charge is -2.20. The van der Waals surface area contributed by atoms with Crippen molar-refractivity contribution >= 4 is 5.96 Å². The molecular weight excluding hydrogens is 344 g/mol. The fourth-order valence-corrected chi connectivity index (χ4v) is 3.24. The van der Waals surface area contributed by atoms with Gasteiger partial charge in [-0.15, -0.1) is 0 Å². The van der Waals surface area contributed by atoms with Gasteiger partial charge in [-0.1, -0.05) is 66.7 Å². The molecule has 0 amide bonds. The number of aryl methyl sites for hydroxylation is 1. The van der Waals surface area contributed by atoms with Crippen molar-refractivity contribution in [1.82, 2.24) is 15.6 Å². The highest BCUT2D eigenvalue weighted by Crippen LogP contribution is 2.20. The van der Waals surface area contributed by atoms with Crippen molar-refractivity contribution < 1.29 is 0 Å². The lowest BCUT2D eigenvalue weighted by molar-refractivity contribution is 0.643. The minimum atomic E-state index is 0.360. The molecule has 0 saturated carbocycles. The molecular formula is C24H28N4. The second kappa shape index (κ2) is 10.3. The van der Waals surface area contributed by atoms with Crippen molar-refractivity contribution in [2.45, 2.75) is 25.8 Å². The quantitative estimate of drug-likeness (QED) is 0.485. The van der Waals surface area contributed by atoms with Gasteiger partial charge in [0.25, 0.3) is 0 Å². The Bertz CT molecular complexity index is 875. The Morgan fingerprint density at radius 3 is 2.32 bits per heavy atom. The number of hydrogen-bond donors (Lipinski definition) is 2. The number of rotatable bonds is 7. The molecule has 0 aliphatic carbocycles. The number of hydrogen-bond acceptors (Lipinski definition) is 2. The first kappa shape index (κ1) is 19.6. The summed E-state index contributed by atoms with van der Waals surface area (Å²) < 4.78 is 0. The van der Waals surface area contributed by atoms with Crippen molar-refractivity contribution in [3.63, 3.8) is 0 Å². The predicted molar refractivity (Wildman–Crippen MR) is 117 cm³/mol. The van der Waals surface area contributed by atoms with Gasteiger partial charge in [-0.25, -0.2) is 0 Å². The monoisotopic (exact) mass is 372 g/mol. The molecule has 1 heterocycles. The van der Waals surface area contributed by atoms with Crippen LogP contribution in [0.1, 0.15) is 28.3 Å². The average Bonchev–Trinajstić information content (AvgIpc) is 2.75. The number of aromatic nitrogens is 1. The second-order valence-electron chi connectivity index (χ2n) is 6.87. The molecule has 0 spiro atoms. The molecule has 1 atom stereocenters. The standard InChI is InChI=1S/C24H28N4/c1-19-10-9-15-26-23(19)18-28-24(25-2)27-17-22(21-13-7-4-8-14-21)16-20-11-5-3-6-12-20/h3-15,22H,16-18H2,1-2H3,(H2,25,27,28). The van der Waals surface area contributed by atoms with E-state index < -0.39 is 0 Å². The van der Waals surface area contributed by atoms with Gasteiger partial charge in [0, 0.05) is 25.7 Å². The van der Waals surface area contributed by atoms with Crippen LogP contribution in [0.4, 0.5) is 0 Å². The number of benzene rings is 2. The van der Waals surface area contributed by atoms with E-state index in [0.717, 1.165) is 24.6 Å². The number of aliphatic imine (C=N–C) groups is 1. The fourth-order valence-electron chi connectivity index (χ4n) is 3.24. The van der Waals surface area contributed by atoms with Crippen molar-refractivity contribution in [2.75, 3.05) is 13.6 Å². The van der Waals surface area contributed by atoms with E-state index >= 15 is 0 Å². The van der Waals surface area contributed by atoms with Crippen molar-refractivity contribution in [3.8, 4) is 0 Å². The molecule has 0 aliphatic heterocycles. The summed E-state index contributed by atoms with van der Waals surface area (Å²) in [4.78, 5) is 8.81. The number of nitrogens with one attached hydrogen (secondary N) is 2. The lowest BCUT2D eigenvalue weighted by atomic mass is 9.92. The zero-order valence-corrected chi connectivity index (χ0v) is 16.6. The average molecular weight is 373 g/mol. The summed E-state index contributed by atoms with van der Waals surface area (Å²) in [7, 11) is 1.80. The van der Waals surface area contributed by atoms with Crippen LogP contribution in [-0.2, 0) is 13.0 Å². The van der Waals surface area contributed by atoms with E-state index in [9.17, 15) is 0 Å². The third kappa shape index (κ3) is 5.68. The molecule has 3 aromatic rings. The van der Waals surface area contributed by atoms with Gasteiger partial charge in [-0.3, -0.25) is 9.98 Å². The van der Waals surface area contributed by atoms with Gasteiger partial charge in [-0.05, 0) is 36.1 Å². The Hall–Kier alpha value is -3.14. The van der Waals surface area contributed by atoms with Crippen LogP contribution in [-0.4, -0.2) is 24.5 Å². The maximum atomic E-state index is 4.44. The highest BCUT2D eigenvalue weighted by atomic mass is 15.2. The maximum Gasteiger partial charge on any atom is 0.191 e. The minimum absolute atomic E-state index is 0.360. The first-order chi connectivity index (χ1) is 13.8. The molecule has 0 fully saturated rings. The van der Waals surface area contributed by atoms with Crippen LogP contribution >= 0.6 is 0 Å². The molecule has 0 radical (unpaired) electrons. The third-order valence-electron chi connectivity index (χ3n) is 4.88. The Labute approximate surface area is 167 Å². The summed E-state index contributed by atoms with van der Waals surface area (Å²) in [6.07, 6.45) is 2.81. The molecule has 2 N–H and O–H groups in total. The normalized spacial score (nSPS) is 12.4. The van der Waals surface area contributed by atoms with E-state index in [0.29, 0.717) is 12.5 Å².